The quantitative estimate of drug-likeness (QED) is 0.399. The van der Waals surface area contributed by atoms with Crippen LogP contribution in [0, 0.1) is 6.92 Å². The molecule has 0 fully saturated rings. The Balaban J connectivity index is 1.85. The molecule has 2 aromatic rings. The zero-order chi connectivity index (χ0) is 23.8. The summed E-state index contributed by atoms with van der Waals surface area (Å²) < 4.78 is 72.9. The van der Waals surface area contributed by atoms with Gasteiger partial charge in [-0.15, -0.1) is 0 Å². The molecule has 1 aliphatic rings. The Kier molecular flexibility index (Phi) is 6.36. The molecule has 1 heterocycles. The SMILES string of the molecule is C=C(C)C(F)(F)[C@H](C)Oc1ccc(C)cc1C(=O)N1CCc2cc(C(F)(F)F)ccc2C1. The molecule has 0 unspecified atom stereocenters. The van der Waals surface area contributed by atoms with E-state index in [2.05, 4.69) is 6.58 Å². The zero-order valence-electron chi connectivity index (χ0n) is 18.0. The fourth-order valence-electron chi connectivity index (χ4n) is 3.60. The molecule has 8 heteroatoms. The van der Waals surface area contributed by atoms with Crippen molar-refractivity contribution in [3.63, 3.8) is 0 Å². The predicted octanol–water partition coefficient (Wildman–Crippen LogP) is 6.19. The average molecular weight is 453 g/mol. The van der Waals surface area contributed by atoms with Gasteiger partial charge in [0.1, 0.15) is 5.75 Å². The summed E-state index contributed by atoms with van der Waals surface area (Å²) in [6, 6.07) is 8.17. The minimum atomic E-state index is -4.43. The average Bonchev–Trinajstić information content (AvgIpc) is 2.72. The van der Waals surface area contributed by atoms with E-state index in [0.717, 1.165) is 17.7 Å². The molecule has 3 rings (SSSR count). The molecule has 0 radical (unpaired) electrons. The maximum atomic E-state index is 14.3. The third-order valence-electron chi connectivity index (χ3n) is 5.58. The van der Waals surface area contributed by atoms with E-state index in [9.17, 15) is 26.7 Å². The van der Waals surface area contributed by atoms with Gasteiger partial charge in [0.2, 0.25) is 0 Å². The van der Waals surface area contributed by atoms with Crippen LogP contribution in [-0.4, -0.2) is 29.4 Å². The van der Waals surface area contributed by atoms with Crippen molar-refractivity contribution in [2.75, 3.05) is 6.54 Å². The first-order chi connectivity index (χ1) is 14.8. The zero-order valence-corrected chi connectivity index (χ0v) is 18.0. The van der Waals surface area contributed by atoms with Gasteiger partial charge in [-0.2, -0.15) is 22.0 Å². The number of benzene rings is 2. The van der Waals surface area contributed by atoms with Crippen LogP contribution in [0.1, 0.15) is 46.5 Å². The summed E-state index contributed by atoms with van der Waals surface area (Å²) in [6.07, 6.45) is -5.72. The Hall–Kier alpha value is -2.90. The summed E-state index contributed by atoms with van der Waals surface area (Å²) in [4.78, 5) is 14.7. The van der Waals surface area contributed by atoms with Gasteiger partial charge in [-0.05, 0) is 68.2 Å². The number of fused-ring (bicyclic) bond motifs is 1. The molecule has 1 aliphatic heterocycles. The molecular formula is C24H24F5NO2. The van der Waals surface area contributed by atoms with Gasteiger partial charge >= 0.3 is 12.1 Å². The largest absolute Gasteiger partial charge is 0.483 e. The lowest BCUT2D eigenvalue weighted by molar-refractivity contribution is -0.137. The van der Waals surface area contributed by atoms with Crippen molar-refractivity contribution in [3.8, 4) is 5.75 Å². The lowest BCUT2D eigenvalue weighted by Crippen LogP contribution is -2.38. The van der Waals surface area contributed by atoms with E-state index >= 15 is 0 Å². The lowest BCUT2D eigenvalue weighted by Gasteiger charge is -2.31. The van der Waals surface area contributed by atoms with Crippen LogP contribution in [-0.2, 0) is 19.1 Å². The molecule has 2 aromatic carbocycles. The maximum Gasteiger partial charge on any atom is 0.416 e. The van der Waals surface area contributed by atoms with Gasteiger partial charge < -0.3 is 9.64 Å². The normalized spacial score (nSPS) is 15.2. The molecule has 0 spiro atoms. The summed E-state index contributed by atoms with van der Waals surface area (Å²) in [7, 11) is 0. The van der Waals surface area contributed by atoms with Crippen molar-refractivity contribution in [3.05, 3.63) is 76.4 Å². The van der Waals surface area contributed by atoms with Gasteiger partial charge in [-0.25, -0.2) is 0 Å². The van der Waals surface area contributed by atoms with Crippen molar-refractivity contribution in [2.24, 2.45) is 0 Å². The first kappa shape index (κ1) is 23.8. The highest BCUT2D eigenvalue weighted by Gasteiger charge is 2.40. The Morgan fingerprint density at radius 2 is 1.78 bits per heavy atom. The van der Waals surface area contributed by atoms with E-state index < -0.39 is 29.7 Å². The summed E-state index contributed by atoms with van der Waals surface area (Å²) in [6.45, 7) is 7.80. The van der Waals surface area contributed by atoms with E-state index in [4.69, 9.17) is 4.74 Å². The van der Waals surface area contributed by atoms with Crippen molar-refractivity contribution in [2.45, 2.75) is 51.9 Å². The van der Waals surface area contributed by atoms with Crippen LogP contribution in [0.15, 0.2) is 48.6 Å². The molecular weight excluding hydrogens is 429 g/mol. The number of aryl methyl sites for hydroxylation is 1. The van der Waals surface area contributed by atoms with Crippen LogP contribution in [0.25, 0.3) is 0 Å². The van der Waals surface area contributed by atoms with Gasteiger partial charge in [-0.3, -0.25) is 4.79 Å². The Morgan fingerprint density at radius 1 is 1.09 bits per heavy atom. The highest BCUT2D eigenvalue weighted by Crippen LogP contribution is 2.34. The maximum absolute atomic E-state index is 14.3. The first-order valence-electron chi connectivity index (χ1n) is 10.1. The minimum absolute atomic E-state index is 0.0206. The summed E-state index contributed by atoms with van der Waals surface area (Å²) in [5, 5.41) is 0. The number of carbonyl (C=O) groups excluding carboxylic acids is 1. The van der Waals surface area contributed by atoms with E-state index in [1.165, 1.54) is 30.9 Å². The number of alkyl halides is 5. The second kappa shape index (κ2) is 8.56. The van der Waals surface area contributed by atoms with E-state index in [0.29, 0.717) is 11.1 Å². The number of hydrogen-bond acceptors (Lipinski definition) is 2. The fraction of sp³-hybridized carbons (Fsp3) is 0.375. The smallest absolute Gasteiger partial charge is 0.416 e. The highest BCUT2D eigenvalue weighted by molar-refractivity contribution is 5.97. The number of carbonyl (C=O) groups is 1. The first-order valence-corrected chi connectivity index (χ1v) is 10.1. The molecule has 172 valence electrons. The third kappa shape index (κ3) is 4.79. The minimum Gasteiger partial charge on any atom is -0.483 e. The second-order valence-corrected chi connectivity index (χ2v) is 8.12. The third-order valence-corrected chi connectivity index (χ3v) is 5.58. The van der Waals surface area contributed by atoms with Crippen molar-refractivity contribution in [1.29, 1.82) is 0 Å². The number of halogens is 5. The summed E-state index contributed by atoms with van der Waals surface area (Å²) >= 11 is 0. The van der Waals surface area contributed by atoms with Crippen LogP contribution in [0.2, 0.25) is 0 Å². The standard InChI is InChI=1S/C24H24F5NO2/c1-14(2)23(25,26)16(4)32-21-8-5-15(3)11-20(21)22(31)30-10-9-17-12-19(24(27,28)29)7-6-18(17)13-30/h5-8,11-12,16H,1,9-10,13H2,2-4H3/t16-/m0/s1. The molecule has 0 saturated carbocycles. The molecule has 0 bridgehead atoms. The number of amides is 1. The van der Waals surface area contributed by atoms with Crippen molar-refractivity contribution < 1.29 is 31.5 Å². The van der Waals surface area contributed by atoms with E-state index in [1.807, 2.05) is 0 Å². The van der Waals surface area contributed by atoms with E-state index in [1.54, 1.807) is 19.1 Å². The summed E-state index contributed by atoms with van der Waals surface area (Å²) in [5.74, 6) is -3.70. The molecule has 0 aromatic heterocycles. The van der Waals surface area contributed by atoms with Gasteiger partial charge in [0.15, 0.2) is 6.10 Å². The topological polar surface area (TPSA) is 29.5 Å². The van der Waals surface area contributed by atoms with Crippen LogP contribution in [0.3, 0.4) is 0 Å². The monoisotopic (exact) mass is 453 g/mol. The van der Waals surface area contributed by atoms with E-state index in [-0.39, 0.29) is 36.4 Å². The van der Waals surface area contributed by atoms with Crippen LogP contribution in [0.4, 0.5) is 22.0 Å². The van der Waals surface area contributed by atoms with Gasteiger partial charge in [0, 0.05) is 13.1 Å². The number of hydrogen-bond donors (Lipinski definition) is 0. The number of nitrogens with zero attached hydrogens (tertiary/aromatic N) is 1. The molecule has 0 aliphatic carbocycles. The summed E-state index contributed by atoms with van der Waals surface area (Å²) in [5.41, 5.74) is 0.958. The molecule has 1 amide bonds. The number of rotatable bonds is 5. The second-order valence-electron chi connectivity index (χ2n) is 8.12. The van der Waals surface area contributed by atoms with Gasteiger partial charge in [-0.1, -0.05) is 24.3 Å². The molecule has 1 atom stereocenters. The Bertz CT molecular complexity index is 1050. The van der Waals surface area contributed by atoms with Crippen LogP contribution < -0.4 is 4.74 Å². The fourth-order valence-corrected chi connectivity index (χ4v) is 3.60. The predicted molar refractivity (Wildman–Crippen MR) is 111 cm³/mol. The van der Waals surface area contributed by atoms with Crippen LogP contribution >= 0.6 is 0 Å². The van der Waals surface area contributed by atoms with Gasteiger partial charge in [0.25, 0.3) is 5.91 Å². The number of ether oxygens (including phenoxy) is 1. The molecule has 0 saturated heterocycles. The Labute approximate surface area is 183 Å². The molecule has 32 heavy (non-hydrogen) atoms. The van der Waals surface area contributed by atoms with Crippen molar-refractivity contribution >= 4 is 5.91 Å². The Morgan fingerprint density at radius 3 is 2.41 bits per heavy atom. The lowest BCUT2D eigenvalue weighted by atomic mass is 9.96. The molecule has 3 nitrogen and oxygen atoms in total. The van der Waals surface area contributed by atoms with Crippen LogP contribution in [0.5, 0.6) is 5.75 Å². The van der Waals surface area contributed by atoms with Crippen molar-refractivity contribution in [1.82, 2.24) is 4.90 Å². The van der Waals surface area contributed by atoms with Gasteiger partial charge in [0.05, 0.1) is 11.1 Å². The highest BCUT2D eigenvalue weighted by atomic mass is 19.4. The molecule has 0 N–H and O–H groups in total.